The fourth-order valence-electron chi connectivity index (χ4n) is 3.40. The van der Waals surface area contributed by atoms with Gasteiger partial charge in [-0.05, 0) is 50.9 Å². The van der Waals surface area contributed by atoms with Gasteiger partial charge in [-0.1, -0.05) is 12.1 Å². The molecule has 1 aliphatic heterocycles. The Hall–Kier alpha value is -2.21. The van der Waals surface area contributed by atoms with Crippen molar-refractivity contribution >= 4 is 11.6 Å². The van der Waals surface area contributed by atoms with E-state index < -0.39 is 0 Å². The first-order valence-corrected chi connectivity index (χ1v) is 8.25. The smallest absolute Gasteiger partial charge is 0.238 e. The summed E-state index contributed by atoms with van der Waals surface area (Å²) >= 11 is 0. The fraction of sp³-hybridized carbons (Fsp3) is 0.444. The lowest BCUT2D eigenvalue weighted by molar-refractivity contribution is -0.117. The molecular formula is C18H23FN4O. The molecule has 1 saturated heterocycles. The highest BCUT2D eigenvalue weighted by Crippen LogP contribution is 2.31. The number of halogens is 1. The van der Waals surface area contributed by atoms with Gasteiger partial charge in [0.25, 0.3) is 0 Å². The van der Waals surface area contributed by atoms with E-state index in [9.17, 15) is 9.18 Å². The van der Waals surface area contributed by atoms with Crippen LogP contribution in [0.25, 0.3) is 0 Å². The number of benzene rings is 1. The Bertz CT molecular complexity index is 738. The van der Waals surface area contributed by atoms with Crippen LogP contribution in [0.1, 0.15) is 35.8 Å². The van der Waals surface area contributed by atoms with Crippen molar-refractivity contribution in [2.75, 3.05) is 18.4 Å². The molecule has 1 aromatic heterocycles. The van der Waals surface area contributed by atoms with E-state index in [0.29, 0.717) is 6.54 Å². The topological polar surface area (TPSA) is 50.2 Å². The van der Waals surface area contributed by atoms with Crippen molar-refractivity contribution in [2.24, 2.45) is 7.05 Å². The molecular weight excluding hydrogens is 307 g/mol. The minimum atomic E-state index is -0.233. The Kier molecular flexibility index (Phi) is 4.66. The molecule has 5 nitrogen and oxygen atoms in total. The Morgan fingerprint density at radius 3 is 2.67 bits per heavy atom. The molecule has 1 atom stereocenters. The van der Waals surface area contributed by atoms with Crippen LogP contribution in [0, 0.1) is 19.7 Å². The molecule has 0 radical (unpaired) electrons. The van der Waals surface area contributed by atoms with Gasteiger partial charge in [0, 0.05) is 13.1 Å². The average Bonchev–Trinajstić information content (AvgIpc) is 3.08. The monoisotopic (exact) mass is 330 g/mol. The summed E-state index contributed by atoms with van der Waals surface area (Å²) in [6.07, 6.45) is 2.03. The van der Waals surface area contributed by atoms with Gasteiger partial charge in [0.05, 0.1) is 23.6 Å². The van der Waals surface area contributed by atoms with E-state index in [1.807, 2.05) is 33.0 Å². The van der Waals surface area contributed by atoms with Crippen LogP contribution in [0.15, 0.2) is 24.3 Å². The SMILES string of the molecule is Cc1nn(C)c(C)c1NC(=O)CN1CCCC1c1ccc(F)cc1. The van der Waals surface area contributed by atoms with Gasteiger partial charge in [-0.15, -0.1) is 0 Å². The number of carbonyl (C=O) groups excluding carboxylic acids is 1. The highest BCUT2D eigenvalue weighted by Gasteiger charge is 2.28. The van der Waals surface area contributed by atoms with Crippen molar-refractivity contribution in [3.63, 3.8) is 0 Å². The molecule has 0 spiro atoms. The lowest BCUT2D eigenvalue weighted by Gasteiger charge is -2.24. The van der Waals surface area contributed by atoms with Crippen LogP contribution in [0.5, 0.6) is 0 Å². The number of carbonyl (C=O) groups is 1. The zero-order valence-electron chi connectivity index (χ0n) is 14.3. The zero-order valence-corrected chi connectivity index (χ0v) is 14.3. The number of nitrogens with one attached hydrogen (secondary N) is 1. The summed E-state index contributed by atoms with van der Waals surface area (Å²) in [4.78, 5) is 14.6. The number of amides is 1. The van der Waals surface area contributed by atoms with E-state index in [-0.39, 0.29) is 17.8 Å². The summed E-state index contributed by atoms with van der Waals surface area (Å²) in [5.41, 5.74) is 3.62. The van der Waals surface area contributed by atoms with Gasteiger partial charge in [0.1, 0.15) is 5.82 Å². The largest absolute Gasteiger partial charge is 0.322 e. The molecule has 1 amide bonds. The molecule has 0 bridgehead atoms. The van der Waals surface area contributed by atoms with E-state index in [2.05, 4.69) is 15.3 Å². The standard InChI is InChI=1S/C18H23FN4O/c1-12-18(13(2)22(3)21-12)20-17(24)11-23-10-4-5-16(23)14-6-8-15(19)9-7-14/h6-9,16H,4-5,10-11H2,1-3H3,(H,20,24). The van der Waals surface area contributed by atoms with E-state index in [0.717, 1.165) is 42.0 Å². The number of aromatic nitrogens is 2. The summed E-state index contributed by atoms with van der Waals surface area (Å²) in [6.45, 7) is 5.03. The minimum Gasteiger partial charge on any atom is -0.322 e. The average molecular weight is 330 g/mol. The van der Waals surface area contributed by atoms with Crippen LogP contribution >= 0.6 is 0 Å². The fourth-order valence-corrected chi connectivity index (χ4v) is 3.40. The van der Waals surface area contributed by atoms with Crippen molar-refractivity contribution in [1.29, 1.82) is 0 Å². The lowest BCUT2D eigenvalue weighted by Crippen LogP contribution is -2.33. The molecule has 3 rings (SSSR count). The molecule has 1 N–H and O–H groups in total. The van der Waals surface area contributed by atoms with Gasteiger partial charge in [-0.2, -0.15) is 5.10 Å². The number of hydrogen-bond acceptors (Lipinski definition) is 3. The number of anilines is 1. The van der Waals surface area contributed by atoms with Crippen molar-refractivity contribution in [2.45, 2.75) is 32.7 Å². The van der Waals surface area contributed by atoms with Gasteiger partial charge in [-0.3, -0.25) is 14.4 Å². The van der Waals surface area contributed by atoms with Crippen molar-refractivity contribution in [1.82, 2.24) is 14.7 Å². The van der Waals surface area contributed by atoms with Crippen LogP contribution < -0.4 is 5.32 Å². The molecule has 0 saturated carbocycles. The zero-order chi connectivity index (χ0) is 17.3. The quantitative estimate of drug-likeness (QED) is 0.938. The van der Waals surface area contributed by atoms with Gasteiger partial charge >= 0.3 is 0 Å². The third kappa shape index (κ3) is 3.33. The second kappa shape index (κ2) is 6.73. The van der Waals surface area contributed by atoms with E-state index in [4.69, 9.17) is 0 Å². The predicted octanol–water partition coefficient (Wildman–Crippen LogP) is 2.95. The number of hydrogen-bond donors (Lipinski definition) is 1. The molecule has 2 aromatic rings. The van der Waals surface area contributed by atoms with Crippen molar-refractivity contribution in [3.8, 4) is 0 Å². The highest BCUT2D eigenvalue weighted by atomic mass is 19.1. The van der Waals surface area contributed by atoms with Gasteiger partial charge in [0.2, 0.25) is 5.91 Å². The molecule has 1 aromatic carbocycles. The first-order chi connectivity index (χ1) is 11.5. The predicted molar refractivity (Wildman–Crippen MR) is 91.3 cm³/mol. The van der Waals surface area contributed by atoms with Gasteiger partial charge in [-0.25, -0.2) is 4.39 Å². The summed E-state index contributed by atoms with van der Waals surface area (Å²) in [5.74, 6) is -0.272. The number of rotatable bonds is 4. The Morgan fingerprint density at radius 2 is 2.04 bits per heavy atom. The first-order valence-electron chi connectivity index (χ1n) is 8.25. The number of aryl methyl sites for hydroxylation is 2. The van der Waals surface area contributed by atoms with E-state index >= 15 is 0 Å². The summed E-state index contributed by atoms with van der Waals surface area (Å²) < 4.78 is 14.9. The van der Waals surface area contributed by atoms with Crippen molar-refractivity contribution < 1.29 is 9.18 Å². The molecule has 128 valence electrons. The maximum Gasteiger partial charge on any atom is 0.238 e. The minimum absolute atomic E-state index is 0.0387. The third-order valence-electron chi connectivity index (χ3n) is 4.74. The summed E-state index contributed by atoms with van der Waals surface area (Å²) in [7, 11) is 1.86. The number of nitrogens with zero attached hydrogens (tertiary/aromatic N) is 3. The van der Waals surface area contributed by atoms with E-state index in [1.165, 1.54) is 12.1 Å². The summed E-state index contributed by atoms with van der Waals surface area (Å²) in [6, 6.07) is 6.76. The number of likely N-dealkylation sites (tertiary alicyclic amines) is 1. The van der Waals surface area contributed by atoms with Gasteiger partial charge < -0.3 is 5.32 Å². The molecule has 6 heteroatoms. The molecule has 1 aliphatic rings. The molecule has 1 fully saturated rings. The second-order valence-electron chi connectivity index (χ2n) is 6.40. The highest BCUT2D eigenvalue weighted by molar-refractivity contribution is 5.93. The van der Waals surface area contributed by atoms with Crippen LogP contribution in [0.4, 0.5) is 10.1 Å². The maximum atomic E-state index is 13.1. The van der Waals surface area contributed by atoms with Crippen LogP contribution in [0.3, 0.4) is 0 Å². The Morgan fingerprint density at radius 1 is 1.33 bits per heavy atom. The molecule has 2 heterocycles. The molecule has 1 unspecified atom stereocenters. The maximum absolute atomic E-state index is 13.1. The van der Waals surface area contributed by atoms with Crippen LogP contribution in [-0.4, -0.2) is 33.7 Å². The molecule has 0 aliphatic carbocycles. The van der Waals surface area contributed by atoms with E-state index in [1.54, 1.807) is 4.68 Å². The normalized spacial score (nSPS) is 18.1. The molecule has 24 heavy (non-hydrogen) atoms. The van der Waals surface area contributed by atoms with Gasteiger partial charge in [0.15, 0.2) is 0 Å². The lowest BCUT2D eigenvalue weighted by atomic mass is 10.0. The second-order valence-corrected chi connectivity index (χ2v) is 6.40. The Labute approximate surface area is 141 Å². The van der Waals surface area contributed by atoms with Crippen LogP contribution in [0.2, 0.25) is 0 Å². The van der Waals surface area contributed by atoms with Crippen LogP contribution in [-0.2, 0) is 11.8 Å². The Balaban J connectivity index is 1.68. The third-order valence-corrected chi connectivity index (χ3v) is 4.74. The van der Waals surface area contributed by atoms with Crippen molar-refractivity contribution in [3.05, 3.63) is 47.0 Å². The first kappa shape index (κ1) is 16.6. The summed E-state index contributed by atoms with van der Waals surface area (Å²) in [5, 5.41) is 7.30.